The summed E-state index contributed by atoms with van der Waals surface area (Å²) < 4.78 is 49.0. The molecular weight excluding hydrogens is 815 g/mol. The van der Waals surface area contributed by atoms with Gasteiger partial charge >= 0.3 is 23.9 Å². The summed E-state index contributed by atoms with van der Waals surface area (Å²) in [6.07, 6.45) is 11.6. The molecule has 1 aromatic carbocycles. The van der Waals surface area contributed by atoms with Gasteiger partial charge in [-0.1, -0.05) is 72.6 Å². The third-order valence-corrected chi connectivity index (χ3v) is 13.3. The molecule has 60 heavy (non-hydrogen) atoms. The van der Waals surface area contributed by atoms with Gasteiger partial charge in [-0.3, -0.25) is 23.7 Å². The molecule has 4 unspecified atom stereocenters. The molecule has 17 heteroatoms. The average molecular weight is 886 g/mol. The molecule has 1 aliphatic rings. The van der Waals surface area contributed by atoms with Crippen LogP contribution < -0.4 is 26.3 Å². The monoisotopic (exact) mass is 885 g/mol. The highest BCUT2D eigenvalue weighted by molar-refractivity contribution is 7.99. The minimum atomic E-state index is -4.41. The summed E-state index contributed by atoms with van der Waals surface area (Å²) in [5.74, 6) is -4.70. The Hall–Kier alpha value is -3.25. The number of carbonyl (C=O) groups is 5. The number of carboxylic acids is 1. The van der Waals surface area contributed by atoms with Crippen molar-refractivity contribution in [3.05, 3.63) is 22.3 Å². The minimum Gasteiger partial charge on any atom is -0.487 e. The van der Waals surface area contributed by atoms with E-state index in [2.05, 4.69) is 44.7 Å². The Morgan fingerprint density at radius 3 is 2.03 bits per heavy atom. The lowest BCUT2D eigenvalue weighted by molar-refractivity contribution is -0.160. The highest BCUT2D eigenvalue weighted by atomic mass is 32.2. The van der Waals surface area contributed by atoms with Gasteiger partial charge in [-0.15, -0.1) is 0 Å². The van der Waals surface area contributed by atoms with Crippen LogP contribution >= 0.6 is 11.8 Å². The number of nitrogens with two attached hydrogens (primary N) is 2. The number of rotatable bonds is 27. The number of benzene rings is 1. The molecule has 0 saturated carbocycles. The Kier molecular flexibility index (Phi) is 22.0. The molecule has 0 spiro atoms. The molecule has 15 nitrogen and oxygen atoms in total. The number of esters is 3. The van der Waals surface area contributed by atoms with Gasteiger partial charge in [0, 0.05) is 30.0 Å². The van der Waals surface area contributed by atoms with Crippen LogP contribution in [0.3, 0.4) is 0 Å². The number of carboxylic acid groups (broad SMARTS) is 1. The molecule has 1 heterocycles. The molecular formula is C43H71N3O12S2. The van der Waals surface area contributed by atoms with Crippen molar-refractivity contribution in [1.29, 1.82) is 0 Å². The Balaban J connectivity index is 2.08. The molecule has 0 bridgehead atoms. The number of fused-ring (bicyclic) bond motifs is 1. The van der Waals surface area contributed by atoms with Gasteiger partial charge in [0.2, 0.25) is 5.91 Å². The summed E-state index contributed by atoms with van der Waals surface area (Å²) in [6, 6.07) is -2.66. The van der Waals surface area contributed by atoms with E-state index >= 15 is 0 Å². The van der Waals surface area contributed by atoms with Gasteiger partial charge < -0.3 is 36.1 Å². The minimum absolute atomic E-state index is 0.189. The van der Waals surface area contributed by atoms with Crippen molar-refractivity contribution in [1.82, 2.24) is 5.32 Å². The lowest BCUT2D eigenvalue weighted by Crippen LogP contribution is -2.41. The van der Waals surface area contributed by atoms with Gasteiger partial charge in [0.15, 0.2) is 0 Å². The van der Waals surface area contributed by atoms with Crippen LogP contribution in [0.4, 0.5) is 0 Å². The number of ether oxygens (including phenoxy) is 3. The van der Waals surface area contributed by atoms with Crippen LogP contribution in [0, 0.1) is 44.4 Å². The van der Waals surface area contributed by atoms with E-state index in [1.165, 1.54) is 38.5 Å². The SMILES string of the molecule is Cc1c(C)c2c(c(C)c1OC(=O)C(CSC[C@H](N)C(=O)OC(=O)CC[C@H](N)C(=O)O)C(=O)NCCS(=O)(=O)O)CCC(C)(CCCC(C)CCCC(C)CCCC(C)C)O2. The Bertz CT molecular complexity index is 1740. The molecule has 7 N–H and O–H groups in total. The number of aliphatic carboxylic acids is 1. The number of thioether (sulfide) groups is 1. The first-order chi connectivity index (χ1) is 27.9. The standard InChI is InChI=1S/C43H71N3O12S2/c1-26(2)12-9-13-27(3)14-10-15-28(4)16-11-20-43(8)21-19-32-31(7)37(29(5)30(6)38(32)58-43)57-41(51)33(39(48)46-22-23-60(53,54)55)24-59-25-35(45)42(52)56-36(47)18-17-34(44)40(49)50/h26-28,33-35H,9-25,44-45H2,1-8H3,(H,46,48)(H,49,50)(H,53,54,55)/t27?,28?,33?,34-,35-,43?/m0/s1. The topological polar surface area (TPSA) is 252 Å². The summed E-state index contributed by atoms with van der Waals surface area (Å²) >= 11 is 0.919. The predicted molar refractivity (Wildman–Crippen MR) is 233 cm³/mol. The highest BCUT2D eigenvalue weighted by Gasteiger charge is 2.36. The second-order valence-corrected chi connectivity index (χ2v) is 20.0. The van der Waals surface area contributed by atoms with Gasteiger partial charge in [0.05, 0.1) is 5.75 Å². The number of hydrogen-bond donors (Lipinski definition) is 5. The maximum atomic E-state index is 13.8. The van der Waals surface area contributed by atoms with E-state index in [0.717, 1.165) is 66.2 Å². The van der Waals surface area contributed by atoms with E-state index in [1.807, 2.05) is 20.8 Å². The van der Waals surface area contributed by atoms with Gasteiger partial charge in [-0.05, 0) is 94.2 Å². The molecule has 342 valence electrons. The molecule has 0 aromatic heterocycles. The fourth-order valence-corrected chi connectivity index (χ4v) is 8.69. The van der Waals surface area contributed by atoms with Crippen LogP contribution in [0.1, 0.15) is 134 Å². The number of hydrogen-bond acceptors (Lipinski definition) is 13. The van der Waals surface area contributed by atoms with Gasteiger partial charge in [-0.2, -0.15) is 20.2 Å². The zero-order valence-corrected chi connectivity index (χ0v) is 38.6. The first kappa shape index (κ1) is 52.9. The molecule has 0 fully saturated rings. The maximum absolute atomic E-state index is 13.8. The average Bonchev–Trinajstić information content (AvgIpc) is 3.15. The van der Waals surface area contributed by atoms with Crippen molar-refractivity contribution in [3.8, 4) is 11.5 Å². The van der Waals surface area contributed by atoms with E-state index in [-0.39, 0.29) is 29.3 Å². The molecule has 2 rings (SSSR count). The Morgan fingerprint density at radius 2 is 1.45 bits per heavy atom. The summed E-state index contributed by atoms with van der Waals surface area (Å²) in [5.41, 5.74) is 14.0. The fraction of sp³-hybridized carbons (Fsp3) is 0.744. The van der Waals surface area contributed by atoms with Crippen LogP contribution in [0.15, 0.2) is 0 Å². The van der Waals surface area contributed by atoms with Crippen molar-refractivity contribution < 1.29 is 56.3 Å². The molecule has 1 amide bonds. The molecule has 0 aliphatic carbocycles. The number of amides is 1. The maximum Gasteiger partial charge on any atom is 0.331 e. The van der Waals surface area contributed by atoms with Crippen molar-refractivity contribution in [2.45, 2.75) is 157 Å². The molecule has 1 aromatic rings. The van der Waals surface area contributed by atoms with Gasteiger partial charge in [0.1, 0.15) is 35.1 Å². The highest BCUT2D eigenvalue weighted by Crippen LogP contribution is 2.45. The molecule has 6 atom stereocenters. The Labute approximate surface area is 361 Å². The third kappa shape index (κ3) is 18.4. The zero-order valence-electron chi connectivity index (χ0n) is 36.9. The van der Waals surface area contributed by atoms with Crippen molar-refractivity contribution in [2.75, 3.05) is 23.8 Å². The quantitative estimate of drug-likeness (QED) is 0.0295. The second-order valence-electron chi connectivity index (χ2n) is 17.4. The lowest BCUT2D eigenvalue weighted by Gasteiger charge is -2.38. The van der Waals surface area contributed by atoms with Gasteiger partial charge in [0.25, 0.3) is 10.1 Å². The molecule has 1 aliphatic heterocycles. The number of nitrogens with one attached hydrogen (secondary N) is 1. The first-order valence-electron chi connectivity index (χ1n) is 21.3. The van der Waals surface area contributed by atoms with E-state index in [1.54, 1.807) is 0 Å². The molecule has 0 saturated heterocycles. The van der Waals surface area contributed by atoms with Crippen molar-refractivity contribution in [3.63, 3.8) is 0 Å². The van der Waals surface area contributed by atoms with Gasteiger partial charge in [-0.25, -0.2) is 4.79 Å². The third-order valence-electron chi connectivity index (χ3n) is 11.4. The van der Waals surface area contributed by atoms with Crippen LogP contribution in [-0.2, 0) is 45.2 Å². The van der Waals surface area contributed by atoms with E-state index in [0.29, 0.717) is 23.5 Å². The normalized spacial score (nSPS) is 17.7. The largest absolute Gasteiger partial charge is 0.487 e. The predicted octanol–water partition coefficient (Wildman–Crippen LogP) is 5.98. The van der Waals surface area contributed by atoms with Crippen molar-refractivity contribution >= 4 is 51.7 Å². The number of carbonyl (C=O) groups excluding carboxylic acids is 4. The van der Waals surface area contributed by atoms with Crippen LogP contribution in [0.25, 0.3) is 0 Å². The fourth-order valence-electron chi connectivity index (χ4n) is 7.28. The Morgan fingerprint density at radius 1 is 0.850 bits per heavy atom. The van der Waals surface area contributed by atoms with Crippen LogP contribution in [0.5, 0.6) is 11.5 Å². The summed E-state index contributed by atoms with van der Waals surface area (Å²) in [7, 11) is -4.41. The lowest BCUT2D eigenvalue weighted by atomic mass is 9.83. The smallest absolute Gasteiger partial charge is 0.331 e. The summed E-state index contributed by atoms with van der Waals surface area (Å²) in [5, 5.41) is 11.2. The van der Waals surface area contributed by atoms with Crippen LogP contribution in [0.2, 0.25) is 0 Å². The van der Waals surface area contributed by atoms with E-state index in [4.69, 9.17) is 30.6 Å². The summed E-state index contributed by atoms with van der Waals surface area (Å²) in [4.78, 5) is 62.3. The first-order valence-corrected chi connectivity index (χ1v) is 24.0. The van der Waals surface area contributed by atoms with Crippen molar-refractivity contribution in [2.24, 2.45) is 35.1 Å². The zero-order chi connectivity index (χ0) is 45.4. The van der Waals surface area contributed by atoms with E-state index in [9.17, 15) is 32.4 Å². The summed E-state index contributed by atoms with van der Waals surface area (Å²) in [6.45, 7) is 16.5. The van der Waals surface area contributed by atoms with Crippen LogP contribution in [-0.4, -0.2) is 89.3 Å². The van der Waals surface area contributed by atoms with E-state index < -0.39 is 76.6 Å². The second kappa shape index (κ2) is 25.0. The molecule has 0 radical (unpaired) electrons.